The summed E-state index contributed by atoms with van der Waals surface area (Å²) >= 11 is 1.88. The highest BCUT2D eigenvalue weighted by atomic mass is 32.1. The Morgan fingerprint density at radius 2 is 0.935 bits per heavy atom. The normalized spacial score (nSPS) is 14.5. The molecule has 3 aromatic heterocycles. The van der Waals surface area contributed by atoms with Crippen LogP contribution in [-0.4, -0.2) is 19.9 Å². The van der Waals surface area contributed by atoms with Crippen molar-refractivity contribution >= 4 is 31.5 Å². The van der Waals surface area contributed by atoms with Crippen LogP contribution in [0.3, 0.4) is 0 Å². The monoisotopic (exact) mass is 806 g/mol. The van der Waals surface area contributed by atoms with Gasteiger partial charge >= 0.3 is 0 Å². The first-order valence-electron chi connectivity index (χ1n) is 21.0. The molecule has 0 saturated heterocycles. The second-order valence-corrected chi connectivity index (χ2v) is 17.2. The van der Waals surface area contributed by atoms with Gasteiger partial charge in [-0.15, -0.1) is 11.3 Å². The van der Waals surface area contributed by atoms with Crippen molar-refractivity contribution in [3.05, 3.63) is 229 Å². The molecule has 13 rings (SSSR count). The van der Waals surface area contributed by atoms with Gasteiger partial charge in [0.2, 0.25) is 0 Å². The van der Waals surface area contributed by atoms with Gasteiger partial charge in [0.15, 0.2) is 11.6 Å². The molecule has 288 valence electrons. The Hall–Kier alpha value is -7.86. The Balaban J connectivity index is 1.11. The molecule has 1 unspecified atom stereocenters. The molecule has 11 aromatic rings. The number of aromatic nitrogens is 4. The predicted octanol–water partition coefficient (Wildman–Crippen LogP) is 14.3. The fraction of sp³-hybridized carbons (Fsp3) is 0.0175. The maximum absolute atomic E-state index is 5.35. The highest BCUT2D eigenvalue weighted by Crippen LogP contribution is 2.63. The van der Waals surface area contributed by atoms with Crippen LogP contribution in [-0.2, 0) is 5.41 Å². The largest absolute Gasteiger partial charge is 0.236 e. The predicted molar refractivity (Wildman–Crippen MR) is 254 cm³/mol. The first-order chi connectivity index (χ1) is 30.7. The van der Waals surface area contributed by atoms with Crippen molar-refractivity contribution < 1.29 is 0 Å². The van der Waals surface area contributed by atoms with Crippen LogP contribution in [0.1, 0.15) is 22.3 Å². The van der Waals surface area contributed by atoms with E-state index in [1.54, 1.807) is 0 Å². The minimum Gasteiger partial charge on any atom is -0.236 e. The zero-order valence-corrected chi connectivity index (χ0v) is 34.1. The SMILES string of the molecule is c1ccc(-c2cc(-c3cnc(-c4ccccc4)nc3)nc(-c3ccc4c(c3)C3(c5ccccc5-c5ccccc5-4)c4ccccc4-c4c3ccc3sc5ccccc5c43)n2)cc1. The van der Waals surface area contributed by atoms with Gasteiger partial charge in [-0.25, -0.2) is 19.9 Å². The van der Waals surface area contributed by atoms with Gasteiger partial charge in [0, 0.05) is 54.8 Å². The summed E-state index contributed by atoms with van der Waals surface area (Å²) < 4.78 is 2.60. The Morgan fingerprint density at radius 3 is 1.68 bits per heavy atom. The maximum atomic E-state index is 5.35. The molecule has 0 amide bonds. The van der Waals surface area contributed by atoms with Crippen molar-refractivity contribution in [3.63, 3.8) is 0 Å². The lowest BCUT2D eigenvalue weighted by atomic mass is 9.65. The number of rotatable bonds is 4. The summed E-state index contributed by atoms with van der Waals surface area (Å²) in [7, 11) is 0. The van der Waals surface area contributed by atoms with Crippen LogP contribution in [0, 0.1) is 0 Å². The summed E-state index contributed by atoms with van der Waals surface area (Å²) in [5.41, 5.74) is 17.2. The minimum atomic E-state index is -0.662. The van der Waals surface area contributed by atoms with Crippen LogP contribution in [0.2, 0.25) is 0 Å². The smallest absolute Gasteiger partial charge is 0.160 e. The number of hydrogen-bond acceptors (Lipinski definition) is 5. The van der Waals surface area contributed by atoms with E-state index in [1.165, 1.54) is 75.8 Å². The van der Waals surface area contributed by atoms with Gasteiger partial charge in [-0.05, 0) is 79.9 Å². The standard InChI is InChI=1S/C57H34N4S/c1-3-15-35(16-4-1)49-32-50(38-33-58-55(59-34-38)36-17-5-2-6-18-36)61-56(60-49)37-27-28-42-40-20-8-7-19-39(40)41-21-9-12-24-45(41)57(48(42)31-37)46-25-13-10-22-43(46)53-47(57)29-30-52-54(53)44-23-11-14-26-51(44)62-52/h1-34H. The number of fused-ring (bicyclic) bond motifs is 16. The van der Waals surface area contributed by atoms with E-state index in [1.807, 2.05) is 60.1 Å². The molecule has 0 saturated carbocycles. The summed E-state index contributed by atoms with van der Waals surface area (Å²) in [4.78, 5) is 20.3. The zero-order valence-electron chi connectivity index (χ0n) is 33.3. The van der Waals surface area contributed by atoms with Crippen LogP contribution >= 0.6 is 11.3 Å². The summed E-state index contributed by atoms with van der Waals surface area (Å²) in [6.45, 7) is 0. The van der Waals surface area contributed by atoms with Gasteiger partial charge in [-0.2, -0.15) is 0 Å². The molecule has 0 radical (unpaired) electrons. The number of thiophene rings is 1. The van der Waals surface area contributed by atoms with E-state index in [9.17, 15) is 0 Å². The Labute approximate surface area is 362 Å². The average Bonchev–Trinajstić information content (AvgIpc) is 3.85. The molecule has 0 aliphatic heterocycles. The quantitative estimate of drug-likeness (QED) is 0.178. The molecule has 3 heterocycles. The molecule has 1 spiro atoms. The molecule has 0 N–H and O–H groups in total. The molecule has 2 aliphatic rings. The van der Waals surface area contributed by atoms with Crippen molar-refractivity contribution in [2.75, 3.05) is 0 Å². The van der Waals surface area contributed by atoms with E-state index in [0.717, 1.165) is 33.6 Å². The molecular formula is C57H34N4S. The Bertz CT molecular complexity index is 3580. The van der Waals surface area contributed by atoms with E-state index in [2.05, 4.69) is 158 Å². The van der Waals surface area contributed by atoms with E-state index in [0.29, 0.717) is 11.6 Å². The number of nitrogens with zero attached hydrogens (tertiary/aromatic N) is 4. The van der Waals surface area contributed by atoms with Crippen molar-refractivity contribution in [2.24, 2.45) is 0 Å². The Kier molecular flexibility index (Phi) is 7.66. The molecule has 4 nitrogen and oxygen atoms in total. The maximum Gasteiger partial charge on any atom is 0.160 e. The first kappa shape index (κ1) is 34.9. The number of hydrogen-bond donors (Lipinski definition) is 0. The molecule has 2 aliphatic carbocycles. The van der Waals surface area contributed by atoms with E-state index >= 15 is 0 Å². The van der Waals surface area contributed by atoms with Crippen molar-refractivity contribution in [3.8, 4) is 78.7 Å². The van der Waals surface area contributed by atoms with E-state index in [-0.39, 0.29) is 0 Å². The fourth-order valence-electron chi connectivity index (χ4n) is 10.2. The summed E-state index contributed by atoms with van der Waals surface area (Å²) in [6, 6.07) is 70.1. The van der Waals surface area contributed by atoms with Crippen molar-refractivity contribution in [2.45, 2.75) is 5.41 Å². The second-order valence-electron chi connectivity index (χ2n) is 16.1. The molecular weight excluding hydrogens is 773 g/mol. The molecule has 5 heteroatoms. The lowest BCUT2D eigenvalue weighted by molar-refractivity contribution is 0.776. The Morgan fingerprint density at radius 1 is 0.355 bits per heavy atom. The number of benzene rings is 8. The van der Waals surface area contributed by atoms with Crippen LogP contribution in [0.4, 0.5) is 0 Å². The van der Waals surface area contributed by atoms with Gasteiger partial charge in [-0.1, -0.05) is 170 Å². The van der Waals surface area contributed by atoms with Gasteiger partial charge < -0.3 is 0 Å². The summed E-state index contributed by atoms with van der Waals surface area (Å²) in [5.74, 6) is 1.32. The van der Waals surface area contributed by atoms with Crippen LogP contribution in [0.5, 0.6) is 0 Å². The van der Waals surface area contributed by atoms with Gasteiger partial charge in [0.25, 0.3) is 0 Å². The van der Waals surface area contributed by atoms with Crippen LogP contribution in [0.15, 0.2) is 207 Å². The summed E-state index contributed by atoms with van der Waals surface area (Å²) in [6.07, 6.45) is 3.74. The third-order valence-electron chi connectivity index (χ3n) is 12.8. The molecule has 1 atom stereocenters. The third-order valence-corrected chi connectivity index (χ3v) is 14.0. The van der Waals surface area contributed by atoms with Crippen LogP contribution < -0.4 is 0 Å². The van der Waals surface area contributed by atoms with Gasteiger partial charge in [-0.3, -0.25) is 0 Å². The molecule has 0 fully saturated rings. The third kappa shape index (κ3) is 5.06. The van der Waals surface area contributed by atoms with E-state index in [4.69, 9.17) is 19.9 Å². The highest BCUT2D eigenvalue weighted by molar-refractivity contribution is 7.26. The van der Waals surface area contributed by atoms with Crippen LogP contribution in [0.25, 0.3) is 98.8 Å². The first-order valence-corrected chi connectivity index (χ1v) is 21.8. The lowest BCUT2D eigenvalue weighted by Gasteiger charge is -2.35. The average molecular weight is 807 g/mol. The molecule has 8 aromatic carbocycles. The summed E-state index contributed by atoms with van der Waals surface area (Å²) in [5, 5.41) is 2.63. The molecule has 62 heavy (non-hydrogen) atoms. The van der Waals surface area contributed by atoms with Crippen molar-refractivity contribution in [1.82, 2.24) is 19.9 Å². The molecule has 0 bridgehead atoms. The fourth-order valence-corrected chi connectivity index (χ4v) is 11.3. The zero-order chi connectivity index (χ0) is 40.8. The van der Waals surface area contributed by atoms with E-state index < -0.39 is 5.41 Å². The van der Waals surface area contributed by atoms with Crippen molar-refractivity contribution in [1.29, 1.82) is 0 Å². The minimum absolute atomic E-state index is 0.642. The van der Waals surface area contributed by atoms with Gasteiger partial charge in [0.05, 0.1) is 16.8 Å². The topological polar surface area (TPSA) is 51.6 Å². The highest BCUT2D eigenvalue weighted by Gasteiger charge is 2.50. The lowest BCUT2D eigenvalue weighted by Crippen LogP contribution is -2.29. The second kappa shape index (κ2) is 13.6. The van der Waals surface area contributed by atoms with Gasteiger partial charge in [0.1, 0.15) is 0 Å².